The van der Waals surface area contributed by atoms with Crippen molar-refractivity contribution in [1.82, 2.24) is 29.8 Å². The van der Waals surface area contributed by atoms with Crippen molar-refractivity contribution in [3.8, 4) is 5.88 Å². The van der Waals surface area contributed by atoms with Gasteiger partial charge in [0.1, 0.15) is 17.9 Å². The highest BCUT2D eigenvalue weighted by Gasteiger charge is 2.18. The standard InChI is InChI=1S/C26H34N8O2/c1-5-20-29-22-23(30-20)31-25(32-24(22)33-26(2,3)4)27-18-7-8-19-17(16-18)6-9-21(28-19)36-15-12-34-10-13-35-14-11-34/h6-9,16H,5,10-15H2,1-4H3,(H3,27,29,30,31,32,33). The summed E-state index contributed by atoms with van der Waals surface area (Å²) >= 11 is 0. The Morgan fingerprint density at radius 2 is 1.89 bits per heavy atom. The van der Waals surface area contributed by atoms with Gasteiger partial charge < -0.3 is 25.1 Å². The summed E-state index contributed by atoms with van der Waals surface area (Å²) in [5.74, 6) is 2.73. The number of hydrogen-bond donors (Lipinski definition) is 3. The van der Waals surface area contributed by atoms with Gasteiger partial charge in [-0.15, -0.1) is 0 Å². The number of nitrogens with zero attached hydrogens (tertiary/aromatic N) is 5. The minimum absolute atomic E-state index is 0.160. The maximum atomic E-state index is 5.90. The van der Waals surface area contributed by atoms with Crippen molar-refractivity contribution < 1.29 is 9.47 Å². The lowest BCUT2D eigenvalue weighted by Crippen LogP contribution is -2.38. The number of benzene rings is 1. The molecule has 5 rings (SSSR count). The second-order valence-electron chi connectivity index (χ2n) is 9.99. The van der Waals surface area contributed by atoms with Crippen molar-refractivity contribution >= 4 is 39.5 Å². The highest BCUT2D eigenvalue weighted by molar-refractivity contribution is 5.86. The number of aromatic nitrogens is 5. The first kappa shape index (κ1) is 24.2. The molecule has 0 bridgehead atoms. The molecule has 1 fully saturated rings. The van der Waals surface area contributed by atoms with E-state index in [-0.39, 0.29) is 5.54 Å². The number of rotatable bonds is 8. The number of pyridine rings is 1. The van der Waals surface area contributed by atoms with Crippen LogP contribution in [-0.4, -0.2) is 74.8 Å². The highest BCUT2D eigenvalue weighted by Crippen LogP contribution is 2.26. The first-order valence-electron chi connectivity index (χ1n) is 12.5. The topological polar surface area (TPSA) is 113 Å². The summed E-state index contributed by atoms with van der Waals surface area (Å²) in [5.41, 5.74) is 3.04. The Bertz CT molecular complexity index is 1340. The van der Waals surface area contributed by atoms with Gasteiger partial charge >= 0.3 is 0 Å². The van der Waals surface area contributed by atoms with E-state index in [4.69, 9.17) is 14.5 Å². The van der Waals surface area contributed by atoms with Crippen LogP contribution in [0.25, 0.3) is 22.1 Å². The van der Waals surface area contributed by atoms with Crippen LogP contribution in [0.4, 0.5) is 17.5 Å². The van der Waals surface area contributed by atoms with Crippen LogP contribution < -0.4 is 15.4 Å². The van der Waals surface area contributed by atoms with Gasteiger partial charge in [0.05, 0.1) is 18.7 Å². The summed E-state index contributed by atoms with van der Waals surface area (Å²) in [5, 5.41) is 7.80. The van der Waals surface area contributed by atoms with E-state index in [0.717, 1.165) is 73.0 Å². The number of ether oxygens (including phenoxy) is 2. The average molecular weight is 491 g/mol. The molecule has 0 saturated carbocycles. The smallest absolute Gasteiger partial charge is 0.231 e. The van der Waals surface area contributed by atoms with Crippen LogP contribution >= 0.6 is 0 Å². The molecule has 4 heterocycles. The summed E-state index contributed by atoms with van der Waals surface area (Å²) in [7, 11) is 0. The lowest BCUT2D eigenvalue weighted by Gasteiger charge is -2.26. The average Bonchev–Trinajstić information content (AvgIpc) is 3.28. The molecule has 1 aliphatic heterocycles. The number of aromatic amines is 1. The second kappa shape index (κ2) is 10.2. The molecule has 0 unspecified atom stereocenters. The quantitative estimate of drug-likeness (QED) is 0.335. The zero-order chi connectivity index (χ0) is 25.1. The fourth-order valence-corrected chi connectivity index (χ4v) is 4.11. The van der Waals surface area contributed by atoms with Gasteiger partial charge in [0.25, 0.3) is 0 Å². The number of H-pyrrole nitrogens is 1. The molecule has 10 heteroatoms. The maximum absolute atomic E-state index is 5.90. The molecule has 1 saturated heterocycles. The molecule has 0 amide bonds. The molecule has 1 aliphatic rings. The first-order valence-corrected chi connectivity index (χ1v) is 12.5. The van der Waals surface area contributed by atoms with Crippen molar-refractivity contribution in [2.75, 3.05) is 50.1 Å². The molecule has 0 atom stereocenters. The third-order valence-corrected chi connectivity index (χ3v) is 5.91. The fraction of sp³-hybridized carbons (Fsp3) is 0.462. The Hall–Kier alpha value is -3.50. The molecular weight excluding hydrogens is 456 g/mol. The third-order valence-electron chi connectivity index (χ3n) is 5.91. The zero-order valence-electron chi connectivity index (χ0n) is 21.4. The third kappa shape index (κ3) is 5.83. The van der Waals surface area contributed by atoms with Crippen LogP contribution in [0.5, 0.6) is 5.88 Å². The summed E-state index contributed by atoms with van der Waals surface area (Å²) < 4.78 is 11.3. The Morgan fingerprint density at radius 1 is 1.06 bits per heavy atom. The van der Waals surface area contributed by atoms with Crippen LogP contribution in [0.15, 0.2) is 30.3 Å². The largest absolute Gasteiger partial charge is 0.476 e. The Morgan fingerprint density at radius 3 is 2.67 bits per heavy atom. The van der Waals surface area contributed by atoms with Gasteiger partial charge in [0.15, 0.2) is 11.5 Å². The van der Waals surface area contributed by atoms with Crippen molar-refractivity contribution in [3.05, 3.63) is 36.2 Å². The molecule has 0 spiro atoms. The van der Waals surface area contributed by atoms with Crippen LogP contribution in [0.2, 0.25) is 0 Å². The number of hydrogen-bond acceptors (Lipinski definition) is 9. The number of morpholine rings is 1. The molecule has 36 heavy (non-hydrogen) atoms. The molecule has 0 radical (unpaired) electrons. The second-order valence-corrected chi connectivity index (χ2v) is 9.99. The molecule has 0 aliphatic carbocycles. The van der Waals surface area contributed by atoms with Gasteiger partial charge in [0, 0.05) is 48.7 Å². The predicted molar refractivity (Wildman–Crippen MR) is 142 cm³/mol. The van der Waals surface area contributed by atoms with E-state index in [1.807, 2.05) is 30.3 Å². The van der Waals surface area contributed by atoms with E-state index < -0.39 is 0 Å². The van der Waals surface area contributed by atoms with Gasteiger partial charge in [0.2, 0.25) is 11.8 Å². The van der Waals surface area contributed by atoms with Crippen molar-refractivity contribution in [2.45, 2.75) is 39.7 Å². The minimum Gasteiger partial charge on any atom is -0.476 e. The van der Waals surface area contributed by atoms with E-state index >= 15 is 0 Å². The normalized spacial score (nSPS) is 14.9. The number of anilines is 3. The zero-order valence-corrected chi connectivity index (χ0v) is 21.4. The Labute approximate surface area is 210 Å². The monoisotopic (exact) mass is 490 g/mol. The molecular formula is C26H34N8O2. The molecule has 10 nitrogen and oxygen atoms in total. The van der Waals surface area contributed by atoms with Crippen molar-refractivity contribution in [2.24, 2.45) is 0 Å². The molecule has 3 N–H and O–H groups in total. The van der Waals surface area contributed by atoms with E-state index in [0.29, 0.717) is 24.1 Å². The Kier molecular flexibility index (Phi) is 6.88. The maximum Gasteiger partial charge on any atom is 0.231 e. The van der Waals surface area contributed by atoms with Gasteiger partial charge in [-0.2, -0.15) is 9.97 Å². The number of fused-ring (bicyclic) bond motifs is 2. The van der Waals surface area contributed by atoms with E-state index in [1.165, 1.54) is 0 Å². The van der Waals surface area contributed by atoms with Gasteiger partial charge in [-0.3, -0.25) is 4.90 Å². The minimum atomic E-state index is -0.160. The SMILES string of the molecule is CCc1nc2nc(Nc3ccc4nc(OCCN5CCOCC5)ccc4c3)nc(NC(C)(C)C)c2[nH]1. The van der Waals surface area contributed by atoms with Crippen LogP contribution in [-0.2, 0) is 11.2 Å². The first-order chi connectivity index (χ1) is 17.4. The van der Waals surface area contributed by atoms with Crippen molar-refractivity contribution in [1.29, 1.82) is 0 Å². The van der Waals surface area contributed by atoms with E-state index in [9.17, 15) is 0 Å². The molecule has 3 aromatic heterocycles. The lowest BCUT2D eigenvalue weighted by molar-refractivity contribution is 0.0320. The van der Waals surface area contributed by atoms with Gasteiger partial charge in [-0.05, 0) is 45.0 Å². The summed E-state index contributed by atoms with van der Waals surface area (Å²) in [6, 6.07) is 9.92. The highest BCUT2D eigenvalue weighted by atomic mass is 16.5. The van der Waals surface area contributed by atoms with Gasteiger partial charge in [-0.25, -0.2) is 9.97 Å². The van der Waals surface area contributed by atoms with Crippen molar-refractivity contribution in [3.63, 3.8) is 0 Å². The molecule has 1 aromatic carbocycles. The predicted octanol–water partition coefficient (Wildman–Crippen LogP) is 4.13. The lowest BCUT2D eigenvalue weighted by atomic mass is 10.1. The van der Waals surface area contributed by atoms with E-state index in [1.54, 1.807) is 0 Å². The van der Waals surface area contributed by atoms with Crippen LogP contribution in [0.3, 0.4) is 0 Å². The number of imidazole rings is 1. The summed E-state index contributed by atoms with van der Waals surface area (Å²) in [4.78, 5) is 24.3. The molecule has 190 valence electrons. The van der Waals surface area contributed by atoms with Crippen LogP contribution in [0, 0.1) is 0 Å². The fourth-order valence-electron chi connectivity index (χ4n) is 4.11. The van der Waals surface area contributed by atoms with Gasteiger partial charge in [-0.1, -0.05) is 6.92 Å². The van der Waals surface area contributed by atoms with Crippen LogP contribution in [0.1, 0.15) is 33.5 Å². The summed E-state index contributed by atoms with van der Waals surface area (Å²) in [6.45, 7) is 13.3. The molecule has 4 aromatic rings. The number of aryl methyl sites for hydroxylation is 1. The van der Waals surface area contributed by atoms with E-state index in [2.05, 4.69) is 63.2 Å². The summed E-state index contributed by atoms with van der Waals surface area (Å²) in [6.07, 6.45) is 0.796. The Balaban J connectivity index is 1.31. The number of nitrogens with one attached hydrogen (secondary N) is 3.